The maximum absolute atomic E-state index is 12.3. The molecule has 0 amide bonds. The number of halogens is 1. The Kier molecular flexibility index (Phi) is 8.09. The lowest BCUT2D eigenvalue weighted by atomic mass is 10.2. The van der Waals surface area contributed by atoms with Crippen LogP contribution < -0.4 is 9.46 Å². The molecule has 1 N–H and O–H groups in total. The quantitative estimate of drug-likeness (QED) is 0.612. The summed E-state index contributed by atoms with van der Waals surface area (Å²) in [6, 6.07) is 14.0. The third-order valence-corrected chi connectivity index (χ3v) is 6.03. The summed E-state index contributed by atoms with van der Waals surface area (Å²) in [5.41, 5.74) is 0.877. The highest BCUT2D eigenvalue weighted by atomic mass is 79.9. The van der Waals surface area contributed by atoms with E-state index in [1.54, 1.807) is 24.3 Å². The Balaban J connectivity index is 1.86. The fraction of sp³-hybridized carbons (Fsp3) is 0.368. The molecule has 0 saturated carbocycles. The van der Waals surface area contributed by atoms with Crippen LogP contribution in [0.15, 0.2) is 57.9 Å². The third kappa shape index (κ3) is 6.39. The Morgan fingerprint density at radius 1 is 1.00 bits per heavy atom. The minimum atomic E-state index is -3.52. The normalized spacial score (nSPS) is 11.7. The molecule has 5 nitrogen and oxygen atoms in total. The molecule has 0 bridgehead atoms. The minimum absolute atomic E-state index is 0.234. The number of nitrogens with zero attached hydrogens (tertiary/aromatic N) is 1. The molecule has 0 atom stereocenters. The van der Waals surface area contributed by atoms with Crippen LogP contribution in [0.25, 0.3) is 0 Å². The van der Waals surface area contributed by atoms with Crippen molar-refractivity contribution >= 4 is 26.0 Å². The molecule has 0 unspecified atom stereocenters. The number of benzene rings is 2. The van der Waals surface area contributed by atoms with Gasteiger partial charge in [-0.15, -0.1) is 0 Å². The van der Waals surface area contributed by atoms with Crippen LogP contribution in [0, 0.1) is 0 Å². The average Bonchev–Trinajstić information content (AvgIpc) is 2.65. The van der Waals surface area contributed by atoms with Crippen molar-refractivity contribution < 1.29 is 13.2 Å². The van der Waals surface area contributed by atoms with E-state index in [2.05, 4.69) is 39.4 Å². The fourth-order valence-corrected chi connectivity index (χ4v) is 3.69. The highest BCUT2D eigenvalue weighted by molar-refractivity contribution is 9.10. The van der Waals surface area contributed by atoms with Gasteiger partial charge in [-0.25, -0.2) is 13.1 Å². The van der Waals surface area contributed by atoms with Crippen LogP contribution in [0.4, 0.5) is 0 Å². The molecule has 7 heteroatoms. The lowest BCUT2D eigenvalue weighted by Gasteiger charge is -2.18. The van der Waals surface area contributed by atoms with Crippen molar-refractivity contribution in [1.82, 2.24) is 9.62 Å². The van der Waals surface area contributed by atoms with Crippen LogP contribution in [-0.2, 0) is 16.6 Å². The molecule has 2 rings (SSSR count). The summed E-state index contributed by atoms with van der Waals surface area (Å²) >= 11 is 3.30. The Morgan fingerprint density at radius 3 is 2.19 bits per heavy atom. The summed E-state index contributed by atoms with van der Waals surface area (Å²) in [4.78, 5) is 2.54. The molecule has 26 heavy (non-hydrogen) atoms. The van der Waals surface area contributed by atoms with Crippen LogP contribution >= 0.6 is 15.9 Å². The second kappa shape index (κ2) is 10.1. The van der Waals surface area contributed by atoms with Crippen molar-refractivity contribution in [2.45, 2.75) is 25.3 Å². The molecule has 2 aromatic carbocycles. The van der Waals surface area contributed by atoms with Gasteiger partial charge in [0.1, 0.15) is 12.4 Å². The number of nitrogens with one attached hydrogen (secondary N) is 1. The second-order valence-corrected chi connectivity index (χ2v) is 8.48. The summed E-state index contributed by atoms with van der Waals surface area (Å²) in [5, 5.41) is 0. The van der Waals surface area contributed by atoms with Crippen LogP contribution in [0.2, 0.25) is 0 Å². The van der Waals surface area contributed by atoms with E-state index in [-0.39, 0.29) is 11.4 Å². The molecule has 0 fully saturated rings. The number of sulfonamides is 1. The van der Waals surface area contributed by atoms with Crippen molar-refractivity contribution in [2.75, 3.05) is 26.2 Å². The Bertz CT molecular complexity index is 773. The number of ether oxygens (including phenoxy) is 1. The van der Waals surface area contributed by atoms with Crippen molar-refractivity contribution in [1.29, 1.82) is 0 Å². The Morgan fingerprint density at radius 2 is 1.62 bits per heavy atom. The maximum Gasteiger partial charge on any atom is 0.240 e. The van der Waals surface area contributed by atoms with Gasteiger partial charge in [-0.05, 0) is 55.1 Å². The van der Waals surface area contributed by atoms with E-state index >= 15 is 0 Å². The first-order chi connectivity index (χ1) is 12.4. The van der Waals surface area contributed by atoms with Gasteiger partial charge in [0, 0.05) is 17.6 Å². The van der Waals surface area contributed by atoms with Gasteiger partial charge in [-0.1, -0.05) is 41.9 Å². The Hall–Kier alpha value is -1.41. The van der Waals surface area contributed by atoms with Crippen LogP contribution in [0.3, 0.4) is 0 Å². The predicted molar refractivity (Wildman–Crippen MR) is 108 cm³/mol. The number of hydrogen-bond donors (Lipinski definition) is 1. The van der Waals surface area contributed by atoms with Crippen LogP contribution in [-0.4, -0.2) is 39.6 Å². The molecule has 0 saturated heterocycles. The van der Waals surface area contributed by atoms with Crippen molar-refractivity contribution in [3.63, 3.8) is 0 Å². The number of hydrogen-bond acceptors (Lipinski definition) is 4. The highest BCUT2D eigenvalue weighted by Gasteiger charge is 2.13. The van der Waals surface area contributed by atoms with Crippen LogP contribution in [0.5, 0.6) is 5.75 Å². The largest absolute Gasteiger partial charge is 0.492 e. The second-order valence-electron chi connectivity index (χ2n) is 5.80. The zero-order valence-electron chi connectivity index (χ0n) is 15.1. The lowest BCUT2D eigenvalue weighted by molar-refractivity contribution is 0.223. The molecule has 0 aromatic heterocycles. The average molecular weight is 441 g/mol. The summed E-state index contributed by atoms with van der Waals surface area (Å²) in [7, 11) is -3.52. The fourth-order valence-electron chi connectivity index (χ4n) is 2.41. The molecular weight excluding hydrogens is 416 g/mol. The SMILES string of the molecule is CCN(CC)CCOc1ccc(CNS(=O)(=O)c2ccc(Br)cc2)cc1. The topological polar surface area (TPSA) is 58.6 Å². The summed E-state index contributed by atoms with van der Waals surface area (Å²) < 4.78 is 33.8. The molecule has 0 heterocycles. The van der Waals surface area contributed by atoms with Crippen molar-refractivity contribution in [3.8, 4) is 5.75 Å². The van der Waals surface area contributed by atoms with E-state index in [0.29, 0.717) is 6.61 Å². The molecule has 142 valence electrons. The number of likely N-dealkylation sites (N-methyl/N-ethyl adjacent to an activating group) is 1. The van der Waals surface area contributed by atoms with Crippen molar-refractivity contribution in [2.24, 2.45) is 0 Å². The monoisotopic (exact) mass is 440 g/mol. The molecular formula is C19H25BrN2O3S. The maximum atomic E-state index is 12.3. The minimum Gasteiger partial charge on any atom is -0.492 e. The molecule has 0 aliphatic rings. The van der Waals surface area contributed by atoms with Gasteiger partial charge >= 0.3 is 0 Å². The first-order valence-electron chi connectivity index (χ1n) is 8.64. The van der Waals surface area contributed by atoms with Gasteiger partial charge < -0.3 is 9.64 Å². The van der Waals surface area contributed by atoms with E-state index in [9.17, 15) is 8.42 Å². The molecule has 0 aliphatic heterocycles. The predicted octanol–water partition coefficient (Wildman–Crippen LogP) is 3.65. The van der Waals surface area contributed by atoms with Crippen molar-refractivity contribution in [3.05, 3.63) is 58.6 Å². The van der Waals surface area contributed by atoms with E-state index in [0.717, 1.165) is 35.4 Å². The summed E-state index contributed by atoms with van der Waals surface area (Å²) in [6.45, 7) is 8.05. The molecule has 0 aliphatic carbocycles. The zero-order chi connectivity index (χ0) is 19.0. The summed E-state index contributed by atoms with van der Waals surface area (Å²) in [5.74, 6) is 0.789. The van der Waals surface area contributed by atoms with Gasteiger partial charge in [-0.2, -0.15) is 0 Å². The van der Waals surface area contributed by atoms with Gasteiger partial charge in [0.15, 0.2) is 0 Å². The van der Waals surface area contributed by atoms with Gasteiger partial charge in [-0.3, -0.25) is 0 Å². The van der Waals surface area contributed by atoms with Gasteiger partial charge in [0.25, 0.3) is 0 Å². The smallest absolute Gasteiger partial charge is 0.240 e. The highest BCUT2D eigenvalue weighted by Crippen LogP contribution is 2.16. The van der Waals surface area contributed by atoms with E-state index in [1.807, 2.05) is 24.3 Å². The van der Waals surface area contributed by atoms with E-state index < -0.39 is 10.0 Å². The number of rotatable bonds is 10. The van der Waals surface area contributed by atoms with Crippen LogP contribution in [0.1, 0.15) is 19.4 Å². The lowest BCUT2D eigenvalue weighted by Crippen LogP contribution is -2.27. The van der Waals surface area contributed by atoms with E-state index in [1.165, 1.54) is 0 Å². The first-order valence-corrected chi connectivity index (χ1v) is 10.9. The van der Waals surface area contributed by atoms with Gasteiger partial charge in [0.2, 0.25) is 10.0 Å². The van der Waals surface area contributed by atoms with E-state index in [4.69, 9.17) is 4.74 Å². The van der Waals surface area contributed by atoms with Gasteiger partial charge in [0.05, 0.1) is 4.90 Å². The molecule has 2 aromatic rings. The molecule has 0 spiro atoms. The zero-order valence-corrected chi connectivity index (χ0v) is 17.5. The standard InChI is InChI=1S/C19H25BrN2O3S/c1-3-22(4-2)13-14-25-18-9-5-16(6-10-18)15-21-26(23,24)19-11-7-17(20)8-12-19/h5-12,21H,3-4,13-15H2,1-2H3. The first kappa shape index (κ1) is 20.9. The Labute approximate surface area is 164 Å². The third-order valence-electron chi connectivity index (χ3n) is 4.08. The summed E-state index contributed by atoms with van der Waals surface area (Å²) in [6.07, 6.45) is 0. The molecule has 0 radical (unpaired) electrons.